The van der Waals surface area contributed by atoms with Crippen LogP contribution in [0.1, 0.15) is 11.1 Å². The average molecular weight is 366 g/mol. The molecule has 0 aliphatic heterocycles. The molecule has 136 valence electrons. The van der Waals surface area contributed by atoms with E-state index in [2.05, 4.69) is 46.1 Å². The second kappa shape index (κ2) is 6.42. The first-order valence-electron chi connectivity index (χ1n) is 9.08. The van der Waals surface area contributed by atoms with Crippen molar-refractivity contribution < 1.29 is 0 Å². The van der Waals surface area contributed by atoms with E-state index in [1.807, 2.05) is 34.9 Å². The van der Waals surface area contributed by atoms with Crippen molar-refractivity contribution in [2.24, 2.45) is 0 Å². The van der Waals surface area contributed by atoms with Crippen molar-refractivity contribution in [3.05, 3.63) is 83.9 Å². The molecular weight excluding hydrogens is 348 g/mol. The van der Waals surface area contributed by atoms with E-state index < -0.39 is 0 Å². The molecule has 28 heavy (non-hydrogen) atoms. The average Bonchev–Trinajstić information content (AvgIpc) is 3.21. The highest BCUT2D eigenvalue weighted by atomic mass is 15.1. The van der Waals surface area contributed by atoms with Gasteiger partial charge in [0.1, 0.15) is 5.52 Å². The van der Waals surface area contributed by atoms with Gasteiger partial charge in [-0.3, -0.25) is 5.41 Å². The molecule has 0 aliphatic rings. The van der Waals surface area contributed by atoms with Gasteiger partial charge in [0.25, 0.3) is 0 Å². The van der Waals surface area contributed by atoms with Crippen molar-refractivity contribution in [2.75, 3.05) is 0 Å². The third-order valence-electron chi connectivity index (χ3n) is 5.00. The molecule has 5 aromatic rings. The van der Waals surface area contributed by atoms with Crippen LogP contribution in [0.15, 0.2) is 67.3 Å². The van der Waals surface area contributed by atoms with Crippen LogP contribution in [0.5, 0.6) is 0 Å². The summed E-state index contributed by atoms with van der Waals surface area (Å²) >= 11 is 0. The molecule has 0 fully saturated rings. The van der Waals surface area contributed by atoms with Gasteiger partial charge in [0, 0.05) is 10.9 Å². The van der Waals surface area contributed by atoms with Gasteiger partial charge in [0.2, 0.25) is 0 Å². The first-order chi connectivity index (χ1) is 13.7. The minimum atomic E-state index is 0.194. The summed E-state index contributed by atoms with van der Waals surface area (Å²) in [6.45, 7) is 2.67. The van der Waals surface area contributed by atoms with Gasteiger partial charge in [0.15, 0.2) is 11.1 Å². The highest BCUT2D eigenvalue weighted by Crippen LogP contribution is 2.29. The Morgan fingerprint density at radius 3 is 2.75 bits per heavy atom. The topological polar surface area (TPSA) is 83.2 Å². The maximum absolute atomic E-state index is 7.96. The van der Waals surface area contributed by atoms with Crippen molar-refractivity contribution in [2.45, 2.75) is 13.5 Å². The summed E-state index contributed by atoms with van der Waals surface area (Å²) in [6, 6.07) is 18.6. The van der Waals surface area contributed by atoms with E-state index in [1.54, 1.807) is 12.7 Å². The number of hydrogen-bond acceptors (Lipinski definition) is 4. The Bertz CT molecular complexity index is 1380. The van der Waals surface area contributed by atoms with Gasteiger partial charge < -0.3 is 9.55 Å². The Balaban J connectivity index is 1.74. The van der Waals surface area contributed by atoms with Gasteiger partial charge >= 0.3 is 0 Å². The van der Waals surface area contributed by atoms with Crippen molar-refractivity contribution in [1.82, 2.24) is 24.5 Å². The quantitative estimate of drug-likeness (QED) is 0.509. The molecule has 0 radical (unpaired) electrons. The zero-order chi connectivity index (χ0) is 19.1. The molecule has 5 rings (SSSR count). The number of aromatic amines is 1. The lowest BCUT2D eigenvalue weighted by atomic mass is 9.99. The number of nitrogens with zero attached hydrogens (tertiary/aromatic N) is 4. The Morgan fingerprint density at radius 2 is 1.86 bits per heavy atom. The number of rotatable bonds is 3. The molecule has 0 unspecified atom stereocenters. The normalized spacial score (nSPS) is 11.3. The standard InChI is InChI=1S/C22H18N6/c1-14-6-2-4-8-17(14)19-16(10-15-7-3-5-9-18(15)27-19)11-28-13-26-21(23)20-22(28)25-12-24-20/h2-10,12-13,23H,11H2,1H3,(H,24,25). The van der Waals surface area contributed by atoms with Crippen LogP contribution in [-0.2, 0) is 6.54 Å². The van der Waals surface area contributed by atoms with Crippen molar-refractivity contribution in [1.29, 1.82) is 5.41 Å². The summed E-state index contributed by atoms with van der Waals surface area (Å²) in [5.41, 5.74) is 6.86. The minimum absolute atomic E-state index is 0.194. The first kappa shape index (κ1) is 16.4. The lowest BCUT2D eigenvalue weighted by Gasteiger charge is -2.14. The molecule has 0 atom stereocenters. The van der Waals surface area contributed by atoms with Gasteiger partial charge in [-0.25, -0.2) is 15.0 Å². The predicted molar refractivity (Wildman–Crippen MR) is 109 cm³/mol. The largest absolute Gasteiger partial charge is 0.340 e. The lowest BCUT2D eigenvalue weighted by molar-refractivity contribution is 0.783. The smallest absolute Gasteiger partial charge is 0.173 e. The third kappa shape index (κ3) is 2.66. The fourth-order valence-corrected chi connectivity index (χ4v) is 3.58. The van der Waals surface area contributed by atoms with E-state index in [0.29, 0.717) is 17.7 Å². The van der Waals surface area contributed by atoms with Gasteiger partial charge in [-0.1, -0.05) is 42.5 Å². The zero-order valence-electron chi connectivity index (χ0n) is 15.3. The van der Waals surface area contributed by atoms with Crippen LogP contribution in [0.3, 0.4) is 0 Å². The maximum Gasteiger partial charge on any atom is 0.173 e. The van der Waals surface area contributed by atoms with Crippen molar-refractivity contribution >= 4 is 22.1 Å². The number of H-pyrrole nitrogens is 1. The van der Waals surface area contributed by atoms with E-state index in [0.717, 1.165) is 27.7 Å². The van der Waals surface area contributed by atoms with Crippen LogP contribution < -0.4 is 5.49 Å². The van der Waals surface area contributed by atoms with Crippen LogP contribution in [0.4, 0.5) is 0 Å². The predicted octanol–water partition coefficient (Wildman–Crippen LogP) is 3.81. The Morgan fingerprint density at radius 1 is 1.04 bits per heavy atom. The summed E-state index contributed by atoms with van der Waals surface area (Å²) in [5, 5.41) is 9.06. The molecule has 2 aromatic carbocycles. The Hall–Kier alpha value is -3.80. The number of pyridine rings is 1. The van der Waals surface area contributed by atoms with E-state index >= 15 is 0 Å². The second-order valence-electron chi connectivity index (χ2n) is 6.83. The van der Waals surface area contributed by atoms with Crippen LogP contribution in [-0.4, -0.2) is 24.5 Å². The molecule has 0 saturated heterocycles. The highest BCUT2D eigenvalue weighted by Gasteiger charge is 2.13. The van der Waals surface area contributed by atoms with Gasteiger partial charge in [-0.15, -0.1) is 0 Å². The number of benzene rings is 2. The van der Waals surface area contributed by atoms with Gasteiger partial charge in [0.05, 0.1) is 30.4 Å². The molecule has 6 heteroatoms. The summed E-state index contributed by atoms with van der Waals surface area (Å²) in [4.78, 5) is 16.6. The van der Waals surface area contributed by atoms with Crippen LogP contribution in [0.25, 0.3) is 33.3 Å². The first-order valence-corrected chi connectivity index (χ1v) is 9.08. The van der Waals surface area contributed by atoms with Crippen LogP contribution in [0.2, 0.25) is 0 Å². The Labute approximate surface area is 161 Å². The summed E-state index contributed by atoms with van der Waals surface area (Å²) in [5.74, 6) is 0. The summed E-state index contributed by atoms with van der Waals surface area (Å²) < 4.78 is 1.96. The summed E-state index contributed by atoms with van der Waals surface area (Å²) in [6.07, 6.45) is 3.27. The fourth-order valence-electron chi connectivity index (χ4n) is 3.58. The van der Waals surface area contributed by atoms with E-state index in [4.69, 9.17) is 10.4 Å². The number of para-hydroxylation sites is 1. The lowest BCUT2D eigenvalue weighted by Crippen LogP contribution is -2.14. The molecule has 2 N–H and O–H groups in total. The third-order valence-corrected chi connectivity index (χ3v) is 5.00. The number of hydrogen-bond donors (Lipinski definition) is 2. The SMILES string of the molecule is Cc1ccccc1-c1nc2ccccc2cc1Cn1cnc(=N)c2[nH]cnc21. The monoisotopic (exact) mass is 366 g/mol. The minimum Gasteiger partial charge on any atom is -0.340 e. The number of imidazole rings is 1. The van der Waals surface area contributed by atoms with Crippen LogP contribution >= 0.6 is 0 Å². The number of nitrogens with one attached hydrogen (secondary N) is 2. The van der Waals surface area contributed by atoms with E-state index in [-0.39, 0.29) is 5.49 Å². The fraction of sp³-hybridized carbons (Fsp3) is 0.0909. The Kier molecular flexibility index (Phi) is 3.76. The molecule has 3 aromatic heterocycles. The van der Waals surface area contributed by atoms with Gasteiger partial charge in [-0.05, 0) is 30.2 Å². The molecule has 3 heterocycles. The molecule has 6 nitrogen and oxygen atoms in total. The zero-order valence-corrected chi connectivity index (χ0v) is 15.3. The van der Waals surface area contributed by atoms with Crippen molar-refractivity contribution in [3.63, 3.8) is 0 Å². The van der Waals surface area contributed by atoms with E-state index in [1.165, 1.54) is 5.56 Å². The molecule has 0 amide bonds. The molecule has 0 aliphatic carbocycles. The van der Waals surface area contributed by atoms with Crippen LogP contribution in [0, 0.1) is 12.3 Å². The number of fused-ring (bicyclic) bond motifs is 2. The molecule has 0 saturated carbocycles. The highest BCUT2D eigenvalue weighted by molar-refractivity contribution is 5.84. The second-order valence-corrected chi connectivity index (χ2v) is 6.83. The maximum atomic E-state index is 7.96. The molecule has 0 bridgehead atoms. The van der Waals surface area contributed by atoms with Gasteiger partial charge in [-0.2, -0.15) is 0 Å². The summed E-state index contributed by atoms with van der Waals surface area (Å²) in [7, 11) is 0. The number of aryl methyl sites for hydroxylation is 1. The molecular formula is C22H18N6. The number of aromatic nitrogens is 5. The van der Waals surface area contributed by atoms with Crippen molar-refractivity contribution in [3.8, 4) is 11.3 Å². The van der Waals surface area contributed by atoms with E-state index in [9.17, 15) is 0 Å². The molecule has 0 spiro atoms.